The molecule has 9 nitrogen and oxygen atoms in total. The number of carbonyl (C=O) groups is 2. The third-order valence-corrected chi connectivity index (χ3v) is 8.76. The number of aliphatic carboxylic acids is 2. The van der Waals surface area contributed by atoms with Crippen LogP contribution in [0.2, 0.25) is 0 Å². The van der Waals surface area contributed by atoms with Crippen molar-refractivity contribution < 1.29 is 24.5 Å². The maximum atomic E-state index is 13.1. The van der Waals surface area contributed by atoms with Crippen LogP contribution in [0, 0.1) is 0 Å². The summed E-state index contributed by atoms with van der Waals surface area (Å²) in [7, 11) is 0. The van der Waals surface area contributed by atoms with Gasteiger partial charge in [0.25, 0.3) is 0 Å². The zero-order valence-corrected chi connectivity index (χ0v) is 24.4. The number of carboxylic acids is 2. The standard InChI is InChI=1S/C33H28N4O5S/c1-32(2,30(38)39)42-28-17-19-34-36(28)27-16-8-12-23-24(27)13-7-14-25(23)33(3,31(40)41)43-29-18-20-35-37(29)26-15-6-10-21-9-4-5-11-22(21)26/h4-20H,1-3H3,(H,38,39)(H,40,41). The first-order valence-corrected chi connectivity index (χ1v) is 14.4. The number of thioether (sulfide) groups is 1. The zero-order chi connectivity index (χ0) is 30.4. The molecular formula is C33H28N4O5S. The van der Waals surface area contributed by atoms with Gasteiger partial charge in [0.2, 0.25) is 11.5 Å². The molecule has 1 unspecified atom stereocenters. The Morgan fingerprint density at radius 3 is 2.07 bits per heavy atom. The molecule has 0 aliphatic rings. The van der Waals surface area contributed by atoms with E-state index in [1.807, 2.05) is 84.9 Å². The highest BCUT2D eigenvalue weighted by Gasteiger charge is 2.39. The van der Waals surface area contributed by atoms with Crippen molar-refractivity contribution in [3.05, 3.63) is 109 Å². The summed E-state index contributed by atoms with van der Waals surface area (Å²) in [5.41, 5.74) is 0.586. The van der Waals surface area contributed by atoms with E-state index in [9.17, 15) is 19.8 Å². The van der Waals surface area contributed by atoms with E-state index in [0.717, 1.165) is 21.8 Å². The molecule has 0 spiro atoms. The second-order valence-electron chi connectivity index (χ2n) is 10.7. The largest absolute Gasteiger partial charge is 0.480 e. The van der Waals surface area contributed by atoms with Gasteiger partial charge in [0.05, 0.1) is 23.8 Å². The van der Waals surface area contributed by atoms with E-state index in [2.05, 4.69) is 10.2 Å². The molecule has 0 saturated carbocycles. The number of hydrogen-bond acceptors (Lipinski definition) is 6. The fourth-order valence-corrected chi connectivity index (χ4v) is 6.27. The van der Waals surface area contributed by atoms with Gasteiger partial charge in [0.15, 0.2) is 0 Å². The molecule has 6 aromatic rings. The third-order valence-electron chi connectivity index (χ3n) is 7.44. The predicted octanol–water partition coefficient (Wildman–Crippen LogP) is 6.70. The Balaban J connectivity index is 1.45. The lowest BCUT2D eigenvalue weighted by molar-refractivity contribution is -0.152. The van der Waals surface area contributed by atoms with Crippen molar-refractivity contribution in [2.45, 2.75) is 36.1 Å². The summed E-state index contributed by atoms with van der Waals surface area (Å²) < 4.78 is 7.72. The average Bonchev–Trinajstić information content (AvgIpc) is 3.65. The Hall–Kier alpha value is -5.09. The van der Waals surface area contributed by atoms with Gasteiger partial charge in [-0.2, -0.15) is 10.2 Å². The summed E-state index contributed by atoms with van der Waals surface area (Å²) in [6, 6.07) is 28.4. The van der Waals surface area contributed by atoms with Crippen LogP contribution in [0.1, 0.15) is 26.3 Å². The third kappa shape index (κ3) is 4.89. The molecule has 1 atom stereocenters. The zero-order valence-electron chi connectivity index (χ0n) is 23.6. The van der Waals surface area contributed by atoms with Crippen molar-refractivity contribution in [1.82, 2.24) is 19.6 Å². The molecule has 2 heterocycles. The lowest BCUT2D eigenvalue weighted by Gasteiger charge is -2.27. The monoisotopic (exact) mass is 592 g/mol. The molecule has 0 bridgehead atoms. The normalized spacial score (nSPS) is 13.2. The minimum Gasteiger partial charge on any atom is -0.480 e. The van der Waals surface area contributed by atoms with E-state index < -0.39 is 22.3 Å². The van der Waals surface area contributed by atoms with Crippen LogP contribution in [0.3, 0.4) is 0 Å². The van der Waals surface area contributed by atoms with Gasteiger partial charge in [-0.25, -0.2) is 14.2 Å². The van der Waals surface area contributed by atoms with Gasteiger partial charge < -0.3 is 14.9 Å². The smallest absolute Gasteiger partial charge is 0.347 e. The number of fused-ring (bicyclic) bond motifs is 2. The summed E-state index contributed by atoms with van der Waals surface area (Å²) in [6.45, 7) is 4.62. The van der Waals surface area contributed by atoms with Crippen LogP contribution in [-0.4, -0.2) is 47.3 Å². The number of rotatable bonds is 9. The van der Waals surface area contributed by atoms with E-state index in [0.29, 0.717) is 21.7 Å². The fraction of sp³-hybridized carbons (Fsp3) is 0.152. The van der Waals surface area contributed by atoms with E-state index in [1.165, 1.54) is 36.5 Å². The fourth-order valence-electron chi connectivity index (χ4n) is 5.11. The highest BCUT2D eigenvalue weighted by atomic mass is 32.2. The minimum absolute atomic E-state index is 0.250. The van der Waals surface area contributed by atoms with Gasteiger partial charge in [-0.05, 0) is 55.3 Å². The van der Waals surface area contributed by atoms with E-state index >= 15 is 0 Å². The van der Waals surface area contributed by atoms with Crippen LogP contribution >= 0.6 is 11.8 Å². The molecule has 0 fully saturated rings. The molecule has 0 aliphatic carbocycles. The molecule has 6 rings (SSSR count). The van der Waals surface area contributed by atoms with Gasteiger partial charge in [0.1, 0.15) is 9.77 Å². The quantitative estimate of drug-likeness (QED) is 0.178. The Morgan fingerprint density at radius 1 is 0.698 bits per heavy atom. The first-order valence-electron chi connectivity index (χ1n) is 13.5. The summed E-state index contributed by atoms with van der Waals surface area (Å²) in [5.74, 6) is -1.87. The summed E-state index contributed by atoms with van der Waals surface area (Å²) in [6.07, 6.45) is 3.20. The predicted molar refractivity (Wildman–Crippen MR) is 165 cm³/mol. The Labute approximate surface area is 251 Å². The van der Waals surface area contributed by atoms with Crippen LogP contribution in [-0.2, 0) is 14.3 Å². The highest BCUT2D eigenvalue weighted by Crippen LogP contribution is 2.45. The van der Waals surface area contributed by atoms with Gasteiger partial charge >= 0.3 is 11.9 Å². The second kappa shape index (κ2) is 10.6. The van der Waals surface area contributed by atoms with E-state index in [1.54, 1.807) is 23.9 Å². The molecular weight excluding hydrogens is 564 g/mol. The van der Waals surface area contributed by atoms with Gasteiger partial charge in [-0.15, -0.1) is 0 Å². The molecule has 4 aromatic carbocycles. The van der Waals surface area contributed by atoms with Crippen molar-refractivity contribution >= 4 is 45.2 Å². The molecule has 2 aromatic heterocycles. The minimum atomic E-state index is -1.49. The van der Waals surface area contributed by atoms with Crippen LogP contribution in [0.4, 0.5) is 0 Å². The number of ether oxygens (including phenoxy) is 1. The number of carboxylic acid groups (broad SMARTS) is 2. The lowest BCUT2D eigenvalue weighted by Crippen LogP contribution is -2.38. The summed E-state index contributed by atoms with van der Waals surface area (Å²) in [4.78, 5) is 24.8. The maximum Gasteiger partial charge on any atom is 0.347 e. The first-order chi connectivity index (χ1) is 20.6. The van der Waals surface area contributed by atoms with Gasteiger partial charge in [-0.1, -0.05) is 78.5 Å². The first kappa shape index (κ1) is 28.0. The number of benzene rings is 4. The van der Waals surface area contributed by atoms with Crippen molar-refractivity contribution in [1.29, 1.82) is 0 Å². The van der Waals surface area contributed by atoms with Gasteiger partial charge in [-0.3, -0.25) is 4.79 Å². The molecule has 43 heavy (non-hydrogen) atoms. The van der Waals surface area contributed by atoms with Crippen LogP contribution in [0.25, 0.3) is 32.9 Å². The van der Waals surface area contributed by atoms with Crippen molar-refractivity contribution in [2.24, 2.45) is 0 Å². The molecule has 0 aliphatic heterocycles. The molecule has 0 amide bonds. The molecule has 10 heteroatoms. The summed E-state index contributed by atoms with van der Waals surface area (Å²) in [5, 5.41) is 33.5. The molecule has 2 N–H and O–H groups in total. The van der Waals surface area contributed by atoms with Crippen molar-refractivity contribution in [2.75, 3.05) is 0 Å². The van der Waals surface area contributed by atoms with E-state index in [-0.39, 0.29) is 5.88 Å². The Bertz CT molecular complexity index is 2010. The van der Waals surface area contributed by atoms with E-state index in [4.69, 9.17) is 4.74 Å². The second-order valence-corrected chi connectivity index (χ2v) is 12.1. The number of aromatic nitrogens is 4. The highest BCUT2D eigenvalue weighted by molar-refractivity contribution is 8.00. The lowest BCUT2D eigenvalue weighted by atomic mass is 9.93. The van der Waals surface area contributed by atoms with Crippen LogP contribution in [0.5, 0.6) is 5.88 Å². The molecule has 216 valence electrons. The SMILES string of the molecule is CC(C)(Oc1ccnn1-c1cccc2c(C(C)(Sc3ccnn3-c3cccc4ccccc34)C(=O)O)cccc12)C(=O)O. The maximum absolute atomic E-state index is 13.1. The molecule has 0 saturated heterocycles. The topological polar surface area (TPSA) is 119 Å². The van der Waals surface area contributed by atoms with Crippen molar-refractivity contribution in [3.63, 3.8) is 0 Å². The summed E-state index contributed by atoms with van der Waals surface area (Å²) >= 11 is 1.21. The average molecular weight is 593 g/mol. The Morgan fingerprint density at radius 2 is 1.30 bits per heavy atom. The molecule has 0 radical (unpaired) electrons. The van der Waals surface area contributed by atoms with Gasteiger partial charge in [0, 0.05) is 16.8 Å². The van der Waals surface area contributed by atoms with Crippen LogP contribution < -0.4 is 4.74 Å². The number of nitrogens with zero attached hydrogens (tertiary/aromatic N) is 4. The Kier molecular flexibility index (Phi) is 6.94. The van der Waals surface area contributed by atoms with Crippen LogP contribution in [0.15, 0.2) is 108 Å². The number of hydrogen-bond donors (Lipinski definition) is 2. The van der Waals surface area contributed by atoms with Crippen molar-refractivity contribution in [3.8, 4) is 17.3 Å².